The molecule has 1 N–H and O–H groups in total. The molecule has 0 aromatic heterocycles. The Bertz CT molecular complexity index is 352. The second-order valence-electron chi connectivity index (χ2n) is 2.41. The van der Waals surface area contributed by atoms with Gasteiger partial charge in [-0.2, -0.15) is 5.10 Å². The van der Waals surface area contributed by atoms with Gasteiger partial charge in [0.1, 0.15) is 5.71 Å². The molecule has 5 heteroatoms. The number of rotatable bonds is 1. The summed E-state index contributed by atoms with van der Waals surface area (Å²) in [6.45, 7) is 0. The zero-order valence-electron chi connectivity index (χ0n) is 6.01. The number of carboxylic acid groups (broad SMARTS) is 1. The van der Waals surface area contributed by atoms with Crippen LogP contribution >= 0.6 is 0 Å². The van der Waals surface area contributed by atoms with Crippen molar-refractivity contribution in [2.45, 2.75) is 6.04 Å². The number of carbonyl (C=O) groups is 1. The molecule has 12 heavy (non-hydrogen) atoms. The SMILES string of the molecule is O=C(O)[C@@H]1C=C2C=NN=C2C=N1. The first kappa shape index (κ1) is 6.90. The van der Waals surface area contributed by atoms with Crippen molar-refractivity contribution in [1.82, 2.24) is 0 Å². The van der Waals surface area contributed by atoms with Crippen molar-refractivity contribution in [3.8, 4) is 0 Å². The minimum absolute atomic E-state index is 0.632. The van der Waals surface area contributed by atoms with Crippen LogP contribution < -0.4 is 0 Å². The molecule has 2 aliphatic heterocycles. The van der Waals surface area contributed by atoms with Crippen molar-refractivity contribution in [3.63, 3.8) is 0 Å². The molecular formula is C7H5N3O2. The Morgan fingerprint density at radius 3 is 3.08 bits per heavy atom. The van der Waals surface area contributed by atoms with Crippen molar-refractivity contribution in [1.29, 1.82) is 0 Å². The van der Waals surface area contributed by atoms with Gasteiger partial charge >= 0.3 is 5.97 Å². The van der Waals surface area contributed by atoms with Crippen molar-refractivity contribution in [2.24, 2.45) is 15.2 Å². The first-order valence-corrected chi connectivity index (χ1v) is 3.36. The van der Waals surface area contributed by atoms with Gasteiger partial charge in [0, 0.05) is 5.57 Å². The number of carboxylic acids is 1. The van der Waals surface area contributed by atoms with Crippen LogP contribution in [-0.4, -0.2) is 35.3 Å². The first-order chi connectivity index (χ1) is 5.77. The maximum absolute atomic E-state index is 10.5. The number of dihydropyridines is 1. The zero-order valence-corrected chi connectivity index (χ0v) is 6.01. The highest BCUT2D eigenvalue weighted by Gasteiger charge is 2.20. The third-order valence-electron chi connectivity index (χ3n) is 1.61. The molecule has 1 atom stereocenters. The van der Waals surface area contributed by atoms with Gasteiger partial charge < -0.3 is 5.11 Å². The van der Waals surface area contributed by atoms with Crippen LogP contribution in [0.5, 0.6) is 0 Å². The highest BCUT2D eigenvalue weighted by atomic mass is 16.4. The number of fused-ring (bicyclic) bond motifs is 1. The zero-order chi connectivity index (χ0) is 8.55. The number of allylic oxidation sites excluding steroid dienone is 1. The molecule has 0 fully saturated rings. The van der Waals surface area contributed by atoms with Crippen LogP contribution in [0.2, 0.25) is 0 Å². The van der Waals surface area contributed by atoms with Crippen LogP contribution in [0.3, 0.4) is 0 Å². The Hall–Kier alpha value is -1.78. The molecular weight excluding hydrogens is 158 g/mol. The van der Waals surface area contributed by atoms with E-state index in [0.29, 0.717) is 5.71 Å². The Morgan fingerprint density at radius 1 is 1.50 bits per heavy atom. The molecule has 0 aromatic rings. The van der Waals surface area contributed by atoms with Gasteiger partial charge in [-0.05, 0) is 6.08 Å². The molecule has 2 aliphatic rings. The summed E-state index contributed by atoms with van der Waals surface area (Å²) in [4.78, 5) is 14.3. The lowest BCUT2D eigenvalue weighted by atomic mass is 10.1. The van der Waals surface area contributed by atoms with Gasteiger partial charge in [0.2, 0.25) is 0 Å². The third-order valence-corrected chi connectivity index (χ3v) is 1.61. The lowest BCUT2D eigenvalue weighted by molar-refractivity contribution is -0.137. The van der Waals surface area contributed by atoms with E-state index in [1.807, 2.05) is 0 Å². The fourth-order valence-electron chi connectivity index (χ4n) is 1.00. The van der Waals surface area contributed by atoms with E-state index >= 15 is 0 Å². The van der Waals surface area contributed by atoms with Crippen molar-refractivity contribution >= 4 is 24.1 Å². The Labute approximate surface area is 67.8 Å². The maximum atomic E-state index is 10.5. The van der Waals surface area contributed by atoms with Gasteiger partial charge in [0.05, 0.1) is 12.4 Å². The molecule has 0 radical (unpaired) electrons. The highest BCUT2D eigenvalue weighted by Crippen LogP contribution is 2.10. The predicted octanol–water partition coefficient (Wildman–Crippen LogP) is -0.109. The van der Waals surface area contributed by atoms with E-state index in [9.17, 15) is 4.79 Å². The van der Waals surface area contributed by atoms with E-state index in [1.165, 1.54) is 18.5 Å². The molecule has 2 heterocycles. The van der Waals surface area contributed by atoms with E-state index in [2.05, 4.69) is 15.2 Å². The van der Waals surface area contributed by atoms with Crippen LogP contribution in [0.15, 0.2) is 26.8 Å². The minimum Gasteiger partial charge on any atom is -0.479 e. The summed E-state index contributed by atoms with van der Waals surface area (Å²) in [5.41, 5.74) is 1.37. The number of nitrogens with zero attached hydrogens (tertiary/aromatic N) is 3. The summed E-state index contributed by atoms with van der Waals surface area (Å²) < 4.78 is 0. The number of hydrogen-bond donors (Lipinski definition) is 1. The van der Waals surface area contributed by atoms with E-state index in [-0.39, 0.29) is 0 Å². The second kappa shape index (κ2) is 2.37. The van der Waals surface area contributed by atoms with E-state index in [1.54, 1.807) is 0 Å². The van der Waals surface area contributed by atoms with Crippen LogP contribution in [0.1, 0.15) is 0 Å². The van der Waals surface area contributed by atoms with Crippen LogP contribution in [-0.2, 0) is 4.79 Å². The summed E-state index contributed by atoms with van der Waals surface area (Å²) >= 11 is 0. The smallest absolute Gasteiger partial charge is 0.332 e. The van der Waals surface area contributed by atoms with Gasteiger partial charge in [-0.1, -0.05) is 0 Å². The lowest BCUT2D eigenvalue weighted by Crippen LogP contribution is -2.22. The number of aliphatic imine (C=N–C) groups is 1. The summed E-state index contributed by atoms with van der Waals surface area (Å²) in [5, 5.41) is 16.0. The topological polar surface area (TPSA) is 74.4 Å². The highest BCUT2D eigenvalue weighted by molar-refractivity contribution is 6.45. The molecule has 0 aromatic carbocycles. The minimum atomic E-state index is -0.960. The molecule has 0 amide bonds. The molecule has 0 saturated heterocycles. The maximum Gasteiger partial charge on any atom is 0.332 e. The normalized spacial score (nSPS) is 24.8. The fraction of sp³-hybridized carbons (Fsp3) is 0.143. The summed E-state index contributed by atoms with van der Waals surface area (Å²) in [5.74, 6) is -0.960. The van der Waals surface area contributed by atoms with Gasteiger partial charge in [-0.15, -0.1) is 5.10 Å². The molecule has 0 spiro atoms. The van der Waals surface area contributed by atoms with Crippen molar-refractivity contribution in [2.75, 3.05) is 0 Å². The van der Waals surface area contributed by atoms with Crippen LogP contribution in [0.25, 0.3) is 0 Å². The van der Waals surface area contributed by atoms with E-state index < -0.39 is 12.0 Å². The van der Waals surface area contributed by atoms with Gasteiger partial charge in [-0.3, -0.25) is 4.99 Å². The molecule has 0 unspecified atom stereocenters. The largest absolute Gasteiger partial charge is 0.479 e. The summed E-state index contributed by atoms with van der Waals surface area (Å²) in [6, 6.07) is -0.788. The third kappa shape index (κ3) is 0.952. The summed E-state index contributed by atoms with van der Waals surface area (Å²) in [6.07, 6.45) is 4.48. The molecule has 0 saturated carbocycles. The lowest BCUT2D eigenvalue weighted by Gasteiger charge is -2.07. The molecule has 0 aliphatic carbocycles. The summed E-state index contributed by atoms with van der Waals surface area (Å²) in [7, 11) is 0. The monoisotopic (exact) mass is 163 g/mol. The molecule has 5 nitrogen and oxygen atoms in total. The molecule has 2 rings (SSSR count). The van der Waals surface area contributed by atoms with Crippen molar-refractivity contribution < 1.29 is 9.90 Å². The Morgan fingerprint density at radius 2 is 2.33 bits per heavy atom. The van der Waals surface area contributed by atoms with Gasteiger partial charge in [0.15, 0.2) is 6.04 Å². The van der Waals surface area contributed by atoms with Crippen LogP contribution in [0, 0.1) is 0 Å². The quantitative estimate of drug-likeness (QED) is 0.585. The average molecular weight is 163 g/mol. The number of aliphatic carboxylic acids is 1. The molecule has 0 bridgehead atoms. The average Bonchev–Trinajstić information content (AvgIpc) is 2.49. The Kier molecular flexibility index (Phi) is 1.36. The Balaban J connectivity index is 2.33. The van der Waals surface area contributed by atoms with Crippen molar-refractivity contribution in [3.05, 3.63) is 11.6 Å². The van der Waals surface area contributed by atoms with Gasteiger partial charge in [0.25, 0.3) is 0 Å². The van der Waals surface area contributed by atoms with E-state index in [0.717, 1.165) is 5.57 Å². The van der Waals surface area contributed by atoms with Crippen LogP contribution in [0.4, 0.5) is 0 Å². The van der Waals surface area contributed by atoms with E-state index in [4.69, 9.17) is 5.11 Å². The molecule has 60 valence electrons. The standard InChI is InChI=1S/C7H5N3O2/c11-7(12)5-1-4-2-9-10-6(4)3-8-5/h1-3,5H,(H,11,12)/t5-/m0/s1. The first-order valence-electron chi connectivity index (χ1n) is 3.36. The van der Waals surface area contributed by atoms with Gasteiger partial charge in [-0.25, -0.2) is 4.79 Å². The fourth-order valence-corrected chi connectivity index (χ4v) is 1.00. The second-order valence-corrected chi connectivity index (χ2v) is 2.41. The number of hydrogen-bond acceptors (Lipinski definition) is 4. The predicted molar refractivity (Wildman–Crippen MR) is 43.9 cm³/mol.